The summed E-state index contributed by atoms with van der Waals surface area (Å²) in [6, 6.07) is 0.865. The number of halogens is 3. The molecule has 0 atom stereocenters. The van der Waals surface area contributed by atoms with Crippen LogP contribution in [-0.2, 0) is 0 Å². The summed E-state index contributed by atoms with van der Waals surface area (Å²) in [5.41, 5.74) is -0.490. The van der Waals surface area contributed by atoms with Crippen molar-refractivity contribution in [2.24, 2.45) is 0 Å². The Bertz CT molecular complexity index is 382. The largest absolute Gasteiger partial charge is 0.478 e. The number of carboxylic acids is 1. The van der Waals surface area contributed by atoms with Crippen molar-refractivity contribution in [1.29, 1.82) is 0 Å². The number of nitrogens with zero attached hydrogens (tertiary/aromatic N) is 1. The van der Waals surface area contributed by atoms with Gasteiger partial charge in [-0.3, -0.25) is 4.98 Å². The van der Waals surface area contributed by atoms with Crippen LogP contribution in [0.2, 0.25) is 0 Å². The van der Waals surface area contributed by atoms with E-state index in [1.165, 1.54) is 6.92 Å². The Hall–Kier alpha value is -1.04. The summed E-state index contributed by atoms with van der Waals surface area (Å²) in [5, 5.41) is 8.69. The van der Waals surface area contributed by atoms with Gasteiger partial charge in [0.25, 0.3) is 6.43 Å². The smallest absolute Gasteiger partial charge is 0.336 e. The van der Waals surface area contributed by atoms with Gasteiger partial charge in [0.2, 0.25) is 0 Å². The van der Waals surface area contributed by atoms with E-state index in [2.05, 4.69) is 20.9 Å². The van der Waals surface area contributed by atoms with Crippen molar-refractivity contribution in [2.75, 3.05) is 0 Å². The molecule has 6 heteroatoms. The van der Waals surface area contributed by atoms with E-state index in [-0.39, 0.29) is 15.7 Å². The molecule has 0 spiro atoms. The molecule has 0 fully saturated rings. The summed E-state index contributed by atoms with van der Waals surface area (Å²) in [6.45, 7) is 1.46. The van der Waals surface area contributed by atoms with Gasteiger partial charge in [0.1, 0.15) is 5.69 Å². The molecule has 1 rings (SSSR count). The lowest BCUT2D eigenvalue weighted by molar-refractivity contribution is 0.0695. The maximum absolute atomic E-state index is 12.3. The van der Waals surface area contributed by atoms with Gasteiger partial charge in [-0.1, -0.05) is 0 Å². The van der Waals surface area contributed by atoms with Gasteiger partial charge in [-0.15, -0.1) is 0 Å². The molecule has 0 bridgehead atoms. The molecule has 0 saturated carbocycles. The SMILES string of the molecule is Cc1nc(C(F)F)cc(C(=O)O)c1Br. The molecule has 0 unspecified atom stereocenters. The molecule has 0 aliphatic carbocycles. The van der Waals surface area contributed by atoms with Crippen LogP contribution < -0.4 is 0 Å². The van der Waals surface area contributed by atoms with E-state index in [1.54, 1.807) is 0 Å². The topological polar surface area (TPSA) is 50.2 Å². The third kappa shape index (κ3) is 2.06. The first-order valence-corrected chi connectivity index (χ1v) is 4.41. The van der Waals surface area contributed by atoms with E-state index in [1.807, 2.05) is 0 Å². The molecule has 0 aliphatic heterocycles. The van der Waals surface area contributed by atoms with E-state index in [4.69, 9.17) is 5.11 Å². The lowest BCUT2D eigenvalue weighted by atomic mass is 10.2. The predicted molar refractivity (Wildman–Crippen MR) is 48.6 cm³/mol. The highest BCUT2D eigenvalue weighted by Crippen LogP contribution is 2.25. The Labute approximate surface area is 86.9 Å². The lowest BCUT2D eigenvalue weighted by Crippen LogP contribution is -2.04. The van der Waals surface area contributed by atoms with Gasteiger partial charge in [0.05, 0.1) is 15.7 Å². The zero-order valence-electron chi connectivity index (χ0n) is 7.09. The van der Waals surface area contributed by atoms with Gasteiger partial charge >= 0.3 is 5.97 Å². The predicted octanol–water partition coefficient (Wildman–Crippen LogP) is 2.79. The lowest BCUT2D eigenvalue weighted by Gasteiger charge is -2.05. The van der Waals surface area contributed by atoms with Gasteiger partial charge in [0.15, 0.2) is 0 Å². The summed E-state index contributed by atoms with van der Waals surface area (Å²) < 4.78 is 24.7. The molecule has 0 radical (unpaired) electrons. The third-order valence-corrected chi connectivity index (χ3v) is 2.60. The normalized spacial score (nSPS) is 10.6. The average molecular weight is 266 g/mol. The van der Waals surface area contributed by atoms with Crippen molar-refractivity contribution in [3.63, 3.8) is 0 Å². The Kier molecular flexibility index (Phi) is 3.15. The van der Waals surface area contributed by atoms with Crippen LogP contribution in [0.5, 0.6) is 0 Å². The maximum atomic E-state index is 12.3. The highest BCUT2D eigenvalue weighted by atomic mass is 79.9. The Morgan fingerprint density at radius 2 is 2.21 bits per heavy atom. The van der Waals surface area contributed by atoms with Gasteiger partial charge in [-0.25, -0.2) is 13.6 Å². The molecule has 1 aromatic rings. The molecule has 1 aromatic heterocycles. The number of aromatic carboxylic acids is 1. The van der Waals surface area contributed by atoms with E-state index in [0.29, 0.717) is 0 Å². The van der Waals surface area contributed by atoms with Crippen LogP contribution in [0.3, 0.4) is 0 Å². The molecule has 0 aliphatic rings. The second-order valence-corrected chi connectivity index (χ2v) is 3.39. The summed E-state index contributed by atoms with van der Waals surface area (Å²) in [5.74, 6) is -1.26. The molecular weight excluding hydrogens is 260 g/mol. The maximum Gasteiger partial charge on any atom is 0.336 e. The van der Waals surface area contributed by atoms with E-state index in [9.17, 15) is 13.6 Å². The van der Waals surface area contributed by atoms with Crippen molar-refractivity contribution in [3.8, 4) is 0 Å². The first kappa shape index (κ1) is 11.0. The number of hydrogen-bond acceptors (Lipinski definition) is 2. The zero-order valence-corrected chi connectivity index (χ0v) is 8.68. The minimum absolute atomic E-state index is 0.201. The number of rotatable bonds is 2. The Morgan fingerprint density at radius 3 is 2.64 bits per heavy atom. The van der Waals surface area contributed by atoms with E-state index in [0.717, 1.165) is 6.07 Å². The fourth-order valence-electron chi connectivity index (χ4n) is 0.949. The minimum Gasteiger partial charge on any atom is -0.478 e. The summed E-state index contributed by atoms with van der Waals surface area (Å²) >= 11 is 2.98. The third-order valence-electron chi connectivity index (χ3n) is 1.60. The quantitative estimate of drug-likeness (QED) is 0.895. The minimum atomic E-state index is -2.76. The second-order valence-electron chi connectivity index (χ2n) is 2.60. The number of aryl methyl sites for hydroxylation is 1. The van der Waals surface area contributed by atoms with Crippen molar-refractivity contribution in [3.05, 3.63) is 27.5 Å². The first-order chi connectivity index (χ1) is 6.43. The molecular formula is C8H6BrF2NO2. The Balaban J connectivity index is 3.35. The van der Waals surface area contributed by atoms with Crippen LogP contribution in [0.15, 0.2) is 10.5 Å². The van der Waals surface area contributed by atoms with Crippen LogP contribution in [-0.4, -0.2) is 16.1 Å². The summed E-state index contributed by atoms with van der Waals surface area (Å²) in [4.78, 5) is 14.2. The van der Waals surface area contributed by atoms with Crippen LogP contribution in [0, 0.1) is 6.92 Å². The van der Waals surface area contributed by atoms with Crippen LogP contribution in [0.1, 0.15) is 28.2 Å². The standard InChI is InChI=1S/C8H6BrF2NO2/c1-3-6(9)4(8(13)14)2-5(12-3)7(10)11/h2,7H,1H3,(H,13,14). The summed E-state index contributed by atoms with van der Waals surface area (Å²) in [7, 11) is 0. The zero-order chi connectivity index (χ0) is 10.9. The van der Waals surface area contributed by atoms with Crippen molar-refractivity contribution in [1.82, 2.24) is 4.98 Å². The number of hydrogen-bond donors (Lipinski definition) is 1. The highest BCUT2D eigenvalue weighted by molar-refractivity contribution is 9.10. The van der Waals surface area contributed by atoms with Gasteiger partial charge in [-0.2, -0.15) is 0 Å². The van der Waals surface area contributed by atoms with Crippen molar-refractivity contribution >= 4 is 21.9 Å². The number of alkyl halides is 2. The number of carbonyl (C=O) groups is 1. The molecule has 0 saturated heterocycles. The monoisotopic (exact) mass is 265 g/mol. The second kappa shape index (κ2) is 4.00. The first-order valence-electron chi connectivity index (χ1n) is 3.62. The van der Waals surface area contributed by atoms with Gasteiger partial charge < -0.3 is 5.11 Å². The van der Waals surface area contributed by atoms with Crippen molar-refractivity contribution < 1.29 is 18.7 Å². The molecule has 1 N–H and O–H groups in total. The van der Waals surface area contributed by atoms with E-state index < -0.39 is 18.1 Å². The van der Waals surface area contributed by atoms with Gasteiger partial charge in [-0.05, 0) is 28.9 Å². The molecule has 0 aromatic carbocycles. The van der Waals surface area contributed by atoms with Crippen LogP contribution in [0.4, 0.5) is 8.78 Å². The van der Waals surface area contributed by atoms with Gasteiger partial charge in [0, 0.05) is 0 Å². The highest BCUT2D eigenvalue weighted by Gasteiger charge is 2.17. The molecule has 0 amide bonds. The van der Waals surface area contributed by atoms with Crippen LogP contribution >= 0.6 is 15.9 Å². The van der Waals surface area contributed by atoms with E-state index >= 15 is 0 Å². The Morgan fingerprint density at radius 1 is 1.64 bits per heavy atom. The number of pyridine rings is 1. The van der Waals surface area contributed by atoms with Crippen molar-refractivity contribution in [2.45, 2.75) is 13.3 Å². The molecule has 1 heterocycles. The molecule has 14 heavy (non-hydrogen) atoms. The number of aromatic nitrogens is 1. The molecule has 76 valence electrons. The van der Waals surface area contributed by atoms with Crippen LogP contribution in [0.25, 0.3) is 0 Å². The fraction of sp³-hybridized carbons (Fsp3) is 0.250. The fourth-order valence-corrected chi connectivity index (χ4v) is 1.32. The molecule has 3 nitrogen and oxygen atoms in total. The average Bonchev–Trinajstić information content (AvgIpc) is 2.08. The summed E-state index contributed by atoms with van der Waals surface area (Å²) in [6.07, 6.45) is -2.76. The number of carboxylic acid groups (broad SMARTS) is 1.